The molecule has 0 atom stereocenters. The van der Waals surface area contributed by atoms with Gasteiger partial charge in [0.15, 0.2) is 0 Å². The van der Waals surface area contributed by atoms with Gasteiger partial charge in [-0.1, -0.05) is 25.1 Å². The number of anilines is 1. The molecule has 3 rings (SSSR count). The molecule has 0 aliphatic carbocycles. The van der Waals surface area contributed by atoms with Gasteiger partial charge in [0, 0.05) is 24.7 Å². The maximum atomic E-state index is 12.6. The van der Waals surface area contributed by atoms with Crippen LogP contribution in [0.25, 0.3) is 0 Å². The molecule has 0 bridgehead atoms. The number of benzene rings is 2. The molecular weight excluding hydrogens is 374 g/mol. The molecule has 1 heterocycles. The number of carbonyl (C=O) groups is 1. The van der Waals surface area contributed by atoms with Gasteiger partial charge in [0.25, 0.3) is 15.9 Å². The summed E-state index contributed by atoms with van der Waals surface area (Å²) in [4.78, 5) is 15.0. The Morgan fingerprint density at radius 2 is 1.71 bits per heavy atom. The molecule has 7 heteroatoms. The predicted octanol–water partition coefficient (Wildman–Crippen LogP) is 3.01. The monoisotopic (exact) mass is 401 g/mol. The Morgan fingerprint density at radius 1 is 1.07 bits per heavy atom. The number of hydrogen-bond acceptors (Lipinski definition) is 4. The first-order chi connectivity index (χ1) is 13.4. The van der Waals surface area contributed by atoms with E-state index < -0.39 is 10.0 Å². The van der Waals surface area contributed by atoms with Gasteiger partial charge in [-0.2, -0.15) is 0 Å². The molecule has 1 aliphatic heterocycles. The lowest BCUT2D eigenvalue weighted by atomic mass is 10.0. The van der Waals surface area contributed by atoms with Crippen molar-refractivity contribution in [3.63, 3.8) is 0 Å². The van der Waals surface area contributed by atoms with Gasteiger partial charge in [-0.3, -0.25) is 9.52 Å². The van der Waals surface area contributed by atoms with Crippen LogP contribution in [0.4, 0.5) is 5.69 Å². The highest BCUT2D eigenvalue weighted by Crippen LogP contribution is 2.20. The van der Waals surface area contributed by atoms with Crippen LogP contribution in [0.15, 0.2) is 53.4 Å². The van der Waals surface area contributed by atoms with Gasteiger partial charge < -0.3 is 10.2 Å². The van der Waals surface area contributed by atoms with Gasteiger partial charge in [-0.25, -0.2) is 8.42 Å². The molecule has 0 aromatic heterocycles. The van der Waals surface area contributed by atoms with Crippen LogP contribution in [0, 0.1) is 6.92 Å². The van der Waals surface area contributed by atoms with E-state index >= 15 is 0 Å². The van der Waals surface area contributed by atoms with Crippen LogP contribution in [-0.4, -0.2) is 44.9 Å². The summed E-state index contributed by atoms with van der Waals surface area (Å²) >= 11 is 0. The van der Waals surface area contributed by atoms with Gasteiger partial charge in [-0.15, -0.1) is 0 Å². The zero-order valence-corrected chi connectivity index (χ0v) is 17.1. The van der Waals surface area contributed by atoms with Crippen molar-refractivity contribution in [1.29, 1.82) is 0 Å². The lowest BCUT2D eigenvalue weighted by Gasteiger charge is -2.31. The number of hydrogen-bond donors (Lipinski definition) is 2. The molecule has 1 saturated heterocycles. The number of carbonyl (C=O) groups excluding carboxylic acids is 1. The summed E-state index contributed by atoms with van der Waals surface area (Å²) in [7, 11) is -3.70. The number of para-hydroxylation sites is 1. The third-order valence-corrected chi connectivity index (χ3v) is 6.57. The second-order valence-corrected chi connectivity index (χ2v) is 8.81. The minimum Gasteiger partial charge on any atom is -0.349 e. The first-order valence-corrected chi connectivity index (χ1v) is 11.1. The second kappa shape index (κ2) is 8.75. The van der Waals surface area contributed by atoms with Crippen molar-refractivity contribution in [2.45, 2.75) is 37.6 Å². The minimum absolute atomic E-state index is 0.128. The first kappa shape index (κ1) is 20.4. The molecule has 1 aliphatic rings. The van der Waals surface area contributed by atoms with Crippen LogP contribution in [0.1, 0.15) is 35.7 Å². The molecule has 2 N–H and O–H groups in total. The Balaban J connectivity index is 1.64. The standard InChI is InChI=1S/C21H27N3O3S/c1-3-24-14-12-18(13-15-24)22-21(25)17-8-10-19(11-9-17)28(26,27)23-20-7-5-4-6-16(20)2/h4-11,18,23H,3,12-15H2,1-2H3,(H,22,25). The number of likely N-dealkylation sites (tertiary alicyclic amines) is 1. The molecule has 0 saturated carbocycles. The fourth-order valence-electron chi connectivity index (χ4n) is 3.34. The minimum atomic E-state index is -3.70. The third-order valence-electron chi connectivity index (χ3n) is 5.19. The van der Waals surface area contributed by atoms with Crippen molar-refractivity contribution in [3.8, 4) is 0 Å². The average molecular weight is 402 g/mol. The summed E-state index contributed by atoms with van der Waals surface area (Å²) in [5.74, 6) is -0.161. The Kier molecular flexibility index (Phi) is 6.36. The molecule has 2 aromatic carbocycles. The Morgan fingerprint density at radius 3 is 2.32 bits per heavy atom. The van der Waals surface area contributed by atoms with E-state index in [1.54, 1.807) is 24.3 Å². The first-order valence-electron chi connectivity index (χ1n) is 9.61. The van der Waals surface area contributed by atoms with E-state index in [2.05, 4.69) is 21.9 Å². The summed E-state index contributed by atoms with van der Waals surface area (Å²) in [6.45, 7) is 7.00. The fraction of sp³-hybridized carbons (Fsp3) is 0.381. The van der Waals surface area contributed by atoms with Gasteiger partial charge in [0.2, 0.25) is 0 Å². The van der Waals surface area contributed by atoms with Crippen molar-refractivity contribution < 1.29 is 13.2 Å². The van der Waals surface area contributed by atoms with Crippen LogP contribution in [-0.2, 0) is 10.0 Å². The molecule has 150 valence electrons. The van der Waals surface area contributed by atoms with Crippen molar-refractivity contribution in [2.24, 2.45) is 0 Å². The zero-order valence-electron chi connectivity index (χ0n) is 16.3. The third kappa shape index (κ3) is 4.91. The smallest absolute Gasteiger partial charge is 0.261 e. The molecular formula is C21H27N3O3S. The van der Waals surface area contributed by atoms with Crippen molar-refractivity contribution >= 4 is 21.6 Å². The number of aryl methyl sites for hydroxylation is 1. The quantitative estimate of drug-likeness (QED) is 0.780. The van der Waals surface area contributed by atoms with E-state index in [1.165, 1.54) is 12.1 Å². The van der Waals surface area contributed by atoms with Crippen LogP contribution in [0.3, 0.4) is 0 Å². The van der Waals surface area contributed by atoms with E-state index in [0.717, 1.165) is 38.0 Å². The zero-order chi connectivity index (χ0) is 20.1. The van der Waals surface area contributed by atoms with Crippen molar-refractivity contribution in [3.05, 3.63) is 59.7 Å². The highest BCUT2D eigenvalue weighted by molar-refractivity contribution is 7.92. The maximum absolute atomic E-state index is 12.6. The Bertz CT molecular complexity index is 918. The number of nitrogens with zero attached hydrogens (tertiary/aromatic N) is 1. The summed E-state index contributed by atoms with van der Waals surface area (Å²) in [5, 5.41) is 3.05. The van der Waals surface area contributed by atoms with E-state index in [-0.39, 0.29) is 16.8 Å². The molecule has 2 aromatic rings. The maximum Gasteiger partial charge on any atom is 0.261 e. The molecule has 1 fully saturated rings. The van der Waals surface area contributed by atoms with Gasteiger partial charge in [0.05, 0.1) is 10.6 Å². The number of amides is 1. The van der Waals surface area contributed by atoms with Crippen LogP contribution >= 0.6 is 0 Å². The highest BCUT2D eigenvalue weighted by Gasteiger charge is 2.21. The number of piperidine rings is 1. The van der Waals surface area contributed by atoms with E-state index in [4.69, 9.17) is 0 Å². The lowest BCUT2D eigenvalue weighted by Crippen LogP contribution is -2.44. The highest BCUT2D eigenvalue weighted by atomic mass is 32.2. The van der Waals surface area contributed by atoms with Crippen molar-refractivity contribution in [2.75, 3.05) is 24.4 Å². The molecule has 6 nitrogen and oxygen atoms in total. The normalized spacial score (nSPS) is 15.9. The van der Waals surface area contributed by atoms with Crippen LogP contribution in [0.2, 0.25) is 0 Å². The summed E-state index contributed by atoms with van der Waals surface area (Å²) in [6.07, 6.45) is 1.87. The van der Waals surface area contributed by atoms with E-state index in [0.29, 0.717) is 11.3 Å². The molecule has 1 amide bonds. The summed E-state index contributed by atoms with van der Waals surface area (Å²) in [6, 6.07) is 13.4. The largest absolute Gasteiger partial charge is 0.349 e. The van der Waals surface area contributed by atoms with Gasteiger partial charge in [0.1, 0.15) is 0 Å². The van der Waals surface area contributed by atoms with Crippen LogP contribution < -0.4 is 10.0 Å². The molecule has 0 spiro atoms. The number of nitrogens with one attached hydrogen (secondary N) is 2. The van der Waals surface area contributed by atoms with Gasteiger partial charge >= 0.3 is 0 Å². The SMILES string of the molecule is CCN1CCC(NC(=O)c2ccc(S(=O)(=O)Nc3ccccc3C)cc2)CC1. The predicted molar refractivity (Wildman–Crippen MR) is 111 cm³/mol. The summed E-state index contributed by atoms with van der Waals surface area (Å²) < 4.78 is 27.8. The molecule has 0 unspecified atom stereocenters. The molecule has 0 radical (unpaired) electrons. The fourth-order valence-corrected chi connectivity index (χ4v) is 4.47. The second-order valence-electron chi connectivity index (χ2n) is 7.13. The topological polar surface area (TPSA) is 78.5 Å². The Labute approximate surface area is 167 Å². The average Bonchev–Trinajstić information content (AvgIpc) is 2.70. The van der Waals surface area contributed by atoms with E-state index in [9.17, 15) is 13.2 Å². The lowest BCUT2D eigenvalue weighted by molar-refractivity contribution is 0.0912. The number of sulfonamides is 1. The Hall–Kier alpha value is -2.38. The van der Waals surface area contributed by atoms with Gasteiger partial charge in [-0.05, 0) is 62.2 Å². The summed E-state index contributed by atoms with van der Waals surface area (Å²) in [5.41, 5.74) is 1.85. The number of rotatable bonds is 6. The van der Waals surface area contributed by atoms with Crippen molar-refractivity contribution in [1.82, 2.24) is 10.2 Å². The molecule has 28 heavy (non-hydrogen) atoms. The van der Waals surface area contributed by atoms with E-state index in [1.807, 2.05) is 19.1 Å². The van der Waals surface area contributed by atoms with Crippen LogP contribution in [0.5, 0.6) is 0 Å².